The van der Waals surface area contributed by atoms with E-state index in [9.17, 15) is 0 Å². The van der Waals surface area contributed by atoms with Crippen molar-refractivity contribution in [2.24, 2.45) is 10.7 Å². The molecule has 1 atom stereocenters. The third-order valence-electron chi connectivity index (χ3n) is 4.40. The minimum Gasteiger partial charge on any atom is -0.495 e. The molecule has 0 amide bonds. The van der Waals surface area contributed by atoms with Crippen molar-refractivity contribution in [3.8, 4) is 5.75 Å². The molecular weight excluding hydrogens is 322 g/mol. The summed E-state index contributed by atoms with van der Waals surface area (Å²) in [6.07, 6.45) is 3.52. The Kier molecular flexibility index (Phi) is 5.26. The zero-order chi connectivity index (χ0) is 16.9. The van der Waals surface area contributed by atoms with Gasteiger partial charge in [0.05, 0.1) is 12.1 Å². The maximum Gasteiger partial charge on any atom is 0.193 e. The summed E-state index contributed by atoms with van der Waals surface area (Å²) in [4.78, 5) is 4.52. The van der Waals surface area contributed by atoms with E-state index in [0.29, 0.717) is 29.2 Å². The standard InChI is InChI=1S/C19H22ClN3O/c1-24-18-10-9-15(11-17(18)20)23-19(21)22-12-14-7-4-6-13-5-2-3-8-16(13)14/h2-3,5,8-11,14H,4,6-7,12H2,1H3,(H3,21,22,23). The highest BCUT2D eigenvalue weighted by Crippen LogP contribution is 2.31. The number of halogens is 1. The summed E-state index contributed by atoms with van der Waals surface area (Å²) < 4.78 is 5.14. The average molecular weight is 344 g/mol. The highest BCUT2D eigenvalue weighted by molar-refractivity contribution is 6.32. The number of nitrogens with zero attached hydrogens (tertiary/aromatic N) is 1. The summed E-state index contributed by atoms with van der Waals surface area (Å²) in [6.45, 7) is 0.694. The molecule has 2 aromatic carbocycles. The predicted octanol–water partition coefficient (Wildman–Crippen LogP) is 4.20. The molecule has 126 valence electrons. The summed E-state index contributed by atoms with van der Waals surface area (Å²) in [5.74, 6) is 1.48. The van der Waals surface area contributed by atoms with Gasteiger partial charge in [-0.1, -0.05) is 35.9 Å². The summed E-state index contributed by atoms with van der Waals surface area (Å²) in [5.41, 5.74) is 9.68. The van der Waals surface area contributed by atoms with Crippen LogP contribution in [0.25, 0.3) is 0 Å². The molecule has 0 bridgehead atoms. The van der Waals surface area contributed by atoms with Crippen LogP contribution in [0.2, 0.25) is 5.02 Å². The van der Waals surface area contributed by atoms with Gasteiger partial charge < -0.3 is 15.8 Å². The normalized spacial score (nSPS) is 17.2. The number of aliphatic imine (C=N–C) groups is 1. The summed E-state index contributed by atoms with van der Waals surface area (Å²) in [6, 6.07) is 14.1. The van der Waals surface area contributed by atoms with Crippen molar-refractivity contribution in [3.05, 3.63) is 58.6 Å². The smallest absolute Gasteiger partial charge is 0.193 e. The molecule has 1 unspecified atom stereocenters. The Morgan fingerprint density at radius 2 is 2.17 bits per heavy atom. The number of benzene rings is 2. The molecule has 24 heavy (non-hydrogen) atoms. The third-order valence-corrected chi connectivity index (χ3v) is 4.70. The minimum atomic E-state index is 0.402. The molecule has 0 radical (unpaired) electrons. The Bertz CT molecular complexity index is 745. The van der Waals surface area contributed by atoms with Gasteiger partial charge in [0.25, 0.3) is 0 Å². The zero-order valence-electron chi connectivity index (χ0n) is 13.8. The molecule has 0 aromatic heterocycles. The number of aryl methyl sites for hydroxylation is 1. The van der Waals surface area contributed by atoms with Crippen molar-refractivity contribution >= 4 is 23.2 Å². The van der Waals surface area contributed by atoms with E-state index < -0.39 is 0 Å². The Balaban J connectivity index is 1.66. The van der Waals surface area contributed by atoms with Gasteiger partial charge in [-0.3, -0.25) is 4.99 Å². The lowest BCUT2D eigenvalue weighted by Gasteiger charge is -2.24. The van der Waals surface area contributed by atoms with Gasteiger partial charge in [0, 0.05) is 18.2 Å². The predicted molar refractivity (Wildman–Crippen MR) is 100 cm³/mol. The van der Waals surface area contributed by atoms with E-state index in [0.717, 1.165) is 18.5 Å². The molecule has 5 heteroatoms. The SMILES string of the molecule is COc1ccc(NC(N)=NCC2CCCc3ccccc32)cc1Cl. The quantitative estimate of drug-likeness (QED) is 0.646. The lowest BCUT2D eigenvalue weighted by molar-refractivity contribution is 0.415. The van der Waals surface area contributed by atoms with Crippen LogP contribution in [0, 0.1) is 0 Å². The van der Waals surface area contributed by atoms with Gasteiger partial charge in [-0.15, -0.1) is 0 Å². The first-order valence-electron chi connectivity index (χ1n) is 8.15. The van der Waals surface area contributed by atoms with Crippen LogP contribution >= 0.6 is 11.6 Å². The maximum absolute atomic E-state index is 6.12. The molecule has 0 fully saturated rings. The van der Waals surface area contributed by atoms with E-state index in [2.05, 4.69) is 34.6 Å². The largest absolute Gasteiger partial charge is 0.495 e. The Hall–Kier alpha value is -2.20. The number of hydrogen-bond donors (Lipinski definition) is 2. The maximum atomic E-state index is 6.12. The zero-order valence-corrected chi connectivity index (χ0v) is 14.5. The van der Waals surface area contributed by atoms with Gasteiger partial charge in [0.2, 0.25) is 0 Å². The van der Waals surface area contributed by atoms with E-state index in [1.807, 2.05) is 6.07 Å². The second-order valence-corrected chi connectivity index (χ2v) is 6.40. The number of anilines is 1. The van der Waals surface area contributed by atoms with Gasteiger partial charge in [0.15, 0.2) is 5.96 Å². The first-order valence-corrected chi connectivity index (χ1v) is 8.53. The number of methoxy groups -OCH3 is 1. The Morgan fingerprint density at radius 3 is 2.96 bits per heavy atom. The highest BCUT2D eigenvalue weighted by Gasteiger charge is 2.19. The van der Waals surface area contributed by atoms with Crippen LogP contribution in [0.15, 0.2) is 47.5 Å². The Morgan fingerprint density at radius 1 is 1.33 bits per heavy atom. The van der Waals surface area contributed by atoms with Crippen LogP contribution in [0.4, 0.5) is 5.69 Å². The number of nitrogens with one attached hydrogen (secondary N) is 1. The molecule has 0 saturated carbocycles. The lowest BCUT2D eigenvalue weighted by Crippen LogP contribution is -2.24. The van der Waals surface area contributed by atoms with Gasteiger partial charge in [-0.2, -0.15) is 0 Å². The number of nitrogens with two attached hydrogens (primary N) is 1. The molecule has 1 aliphatic rings. The van der Waals surface area contributed by atoms with Crippen LogP contribution in [-0.4, -0.2) is 19.6 Å². The second-order valence-electron chi connectivity index (χ2n) is 5.99. The monoisotopic (exact) mass is 343 g/mol. The van der Waals surface area contributed by atoms with Crippen LogP contribution < -0.4 is 15.8 Å². The highest BCUT2D eigenvalue weighted by atomic mass is 35.5. The van der Waals surface area contributed by atoms with Gasteiger partial charge in [-0.05, 0) is 48.6 Å². The number of hydrogen-bond acceptors (Lipinski definition) is 2. The van der Waals surface area contributed by atoms with E-state index in [1.54, 1.807) is 19.2 Å². The van der Waals surface area contributed by atoms with Crippen LogP contribution in [0.3, 0.4) is 0 Å². The number of guanidine groups is 1. The molecule has 4 nitrogen and oxygen atoms in total. The van der Waals surface area contributed by atoms with Crippen LogP contribution in [0.1, 0.15) is 29.9 Å². The van der Waals surface area contributed by atoms with E-state index >= 15 is 0 Å². The van der Waals surface area contributed by atoms with Crippen LogP contribution in [0.5, 0.6) is 5.75 Å². The first-order chi connectivity index (χ1) is 11.7. The van der Waals surface area contributed by atoms with Gasteiger partial charge in [0.1, 0.15) is 5.75 Å². The molecule has 3 N–H and O–H groups in total. The fraction of sp³-hybridized carbons (Fsp3) is 0.316. The fourth-order valence-corrected chi connectivity index (χ4v) is 3.44. The van der Waals surface area contributed by atoms with E-state index in [4.69, 9.17) is 22.1 Å². The molecular formula is C19H22ClN3O. The van der Waals surface area contributed by atoms with Crippen molar-refractivity contribution < 1.29 is 4.74 Å². The van der Waals surface area contributed by atoms with Gasteiger partial charge in [-0.25, -0.2) is 0 Å². The first kappa shape index (κ1) is 16.7. The molecule has 0 saturated heterocycles. The van der Waals surface area contributed by atoms with Crippen LogP contribution in [-0.2, 0) is 6.42 Å². The summed E-state index contributed by atoms with van der Waals surface area (Å²) in [5, 5.41) is 3.62. The van der Waals surface area contributed by atoms with E-state index in [1.165, 1.54) is 17.5 Å². The molecule has 0 heterocycles. The van der Waals surface area contributed by atoms with Crippen molar-refractivity contribution in [2.75, 3.05) is 19.0 Å². The Labute approximate surface area is 147 Å². The number of ether oxygens (including phenoxy) is 1. The van der Waals surface area contributed by atoms with Crippen molar-refractivity contribution in [3.63, 3.8) is 0 Å². The molecule has 2 aromatic rings. The van der Waals surface area contributed by atoms with Crippen molar-refractivity contribution in [1.82, 2.24) is 0 Å². The van der Waals surface area contributed by atoms with E-state index in [-0.39, 0.29) is 0 Å². The second kappa shape index (κ2) is 7.58. The summed E-state index contributed by atoms with van der Waals surface area (Å²) >= 11 is 6.12. The molecule has 3 rings (SSSR count). The summed E-state index contributed by atoms with van der Waals surface area (Å²) in [7, 11) is 1.59. The molecule has 0 spiro atoms. The van der Waals surface area contributed by atoms with Gasteiger partial charge >= 0.3 is 0 Å². The van der Waals surface area contributed by atoms with Crippen molar-refractivity contribution in [2.45, 2.75) is 25.2 Å². The number of fused-ring (bicyclic) bond motifs is 1. The minimum absolute atomic E-state index is 0.402. The number of rotatable bonds is 4. The third kappa shape index (κ3) is 3.82. The average Bonchev–Trinajstić information content (AvgIpc) is 2.60. The molecule has 0 aliphatic heterocycles. The fourth-order valence-electron chi connectivity index (χ4n) is 3.18. The molecule has 1 aliphatic carbocycles. The lowest BCUT2D eigenvalue weighted by atomic mass is 9.83. The van der Waals surface area contributed by atoms with Crippen molar-refractivity contribution in [1.29, 1.82) is 0 Å². The topological polar surface area (TPSA) is 59.6 Å².